The summed E-state index contributed by atoms with van der Waals surface area (Å²) in [6, 6.07) is 7.82. The van der Waals surface area contributed by atoms with Crippen LogP contribution in [0.15, 0.2) is 24.3 Å². The fourth-order valence-electron chi connectivity index (χ4n) is 2.61. The van der Waals surface area contributed by atoms with Crippen LogP contribution >= 0.6 is 0 Å². The highest BCUT2D eigenvalue weighted by molar-refractivity contribution is 5.45. The van der Waals surface area contributed by atoms with Gasteiger partial charge in [0, 0.05) is 0 Å². The summed E-state index contributed by atoms with van der Waals surface area (Å²) >= 11 is 0. The van der Waals surface area contributed by atoms with Crippen molar-refractivity contribution < 1.29 is 9.53 Å². The molecule has 0 atom stereocenters. The van der Waals surface area contributed by atoms with Crippen molar-refractivity contribution in [3.05, 3.63) is 29.8 Å². The number of hydrogen-bond donors (Lipinski definition) is 0. The van der Waals surface area contributed by atoms with E-state index in [0.29, 0.717) is 12.2 Å². The molecule has 0 saturated carbocycles. The molecule has 0 N–H and O–H groups in total. The molecule has 0 fully saturated rings. The second-order valence-corrected chi connectivity index (χ2v) is 5.79. The molecule has 0 radical (unpaired) electrons. The molecule has 0 spiro atoms. The van der Waals surface area contributed by atoms with E-state index in [1.807, 2.05) is 24.3 Å². The standard InChI is InChI=1S/C19H30O2/c1-2-3-4-5-6-7-8-9-10-11-12-18-13-15-19(16-14-18)21-17-20/h13-17H,2-12H2,1H3. The first kappa shape index (κ1) is 17.7. The van der Waals surface area contributed by atoms with E-state index in [9.17, 15) is 4.79 Å². The van der Waals surface area contributed by atoms with Gasteiger partial charge >= 0.3 is 0 Å². The Morgan fingerprint density at radius 3 is 1.86 bits per heavy atom. The third-order valence-corrected chi connectivity index (χ3v) is 3.93. The minimum atomic E-state index is 0.470. The van der Waals surface area contributed by atoms with E-state index >= 15 is 0 Å². The summed E-state index contributed by atoms with van der Waals surface area (Å²) in [4.78, 5) is 10.2. The summed E-state index contributed by atoms with van der Waals surface area (Å²) < 4.78 is 4.79. The molecular weight excluding hydrogens is 260 g/mol. The molecule has 1 aromatic rings. The van der Waals surface area contributed by atoms with Crippen LogP contribution < -0.4 is 4.74 Å². The Bertz CT molecular complexity index is 356. The SMILES string of the molecule is CCCCCCCCCCCCc1ccc(OC=O)cc1. The molecular formula is C19H30O2. The van der Waals surface area contributed by atoms with E-state index in [1.54, 1.807) is 0 Å². The zero-order valence-corrected chi connectivity index (χ0v) is 13.5. The molecule has 0 saturated heterocycles. The Morgan fingerprint density at radius 1 is 0.810 bits per heavy atom. The van der Waals surface area contributed by atoms with Gasteiger partial charge in [-0.3, -0.25) is 4.79 Å². The smallest absolute Gasteiger partial charge is 0.298 e. The van der Waals surface area contributed by atoms with Gasteiger partial charge in [-0.2, -0.15) is 0 Å². The third kappa shape index (κ3) is 9.28. The summed E-state index contributed by atoms with van der Waals surface area (Å²) in [6.45, 7) is 2.74. The van der Waals surface area contributed by atoms with Gasteiger partial charge in [0.1, 0.15) is 5.75 Å². The molecule has 0 aliphatic carbocycles. The van der Waals surface area contributed by atoms with Gasteiger partial charge in [0.25, 0.3) is 6.47 Å². The quantitative estimate of drug-likeness (QED) is 0.345. The van der Waals surface area contributed by atoms with Crippen LogP contribution in [0.1, 0.15) is 76.7 Å². The normalized spacial score (nSPS) is 10.5. The van der Waals surface area contributed by atoms with Crippen LogP contribution in [0, 0.1) is 0 Å². The first-order valence-corrected chi connectivity index (χ1v) is 8.56. The predicted octanol–water partition coefficient (Wildman–Crippen LogP) is 5.69. The maximum absolute atomic E-state index is 10.2. The average molecular weight is 290 g/mol. The van der Waals surface area contributed by atoms with Crippen molar-refractivity contribution in [2.75, 3.05) is 0 Å². The largest absolute Gasteiger partial charge is 0.429 e. The van der Waals surface area contributed by atoms with Gasteiger partial charge in [0.05, 0.1) is 0 Å². The van der Waals surface area contributed by atoms with E-state index in [2.05, 4.69) is 6.92 Å². The van der Waals surface area contributed by atoms with E-state index in [1.165, 1.54) is 69.8 Å². The number of ether oxygens (including phenoxy) is 1. The summed E-state index contributed by atoms with van der Waals surface area (Å²) in [5.41, 5.74) is 1.33. The molecule has 0 unspecified atom stereocenters. The number of rotatable bonds is 13. The van der Waals surface area contributed by atoms with Gasteiger partial charge in [-0.15, -0.1) is 0 Å². The Kier molecular flexibility index (Phi) is 10.5. The summed E-state index contributed by atoms with van der Waals surface area (Å²) in [7, 11) is 0. The second-order valence-electron chi connectivity index (χ2n) is 5.79. The minimum Gasteiger partial charge on any atom is -0.429 e. The first-order valence-electron chi connectivity index (χ1n) is 8.56. The van der Waals surface area contributed by atoms with Crippen molar-refractivity contribution in [3.8, 4) is 5.75 Å². The van der Waals surface area contributed by atoms with Crippen molar-refractivity contribution in [1.82, 2.24) is 0 Å². The molecule has 0 heterocycles. The highest BCUT2D eigenvalue weighted by Gasteiger charge is 1.96. The Morgan fingerprint density at radius 2 is 1.33 bits per heavy atom. The Labute approximate surface area is 129 Å². The number of carbonyl (C=O) groups is 1. The second kappa shape index (κ2) is 12.4. The van der Waals surface area contributed by atoms with Gasteiger partial charge in [-0.1, -0.05) is 76.8 Å². The monoisotopic (exact) mass is 290 g/mol. The molecule has 2 heteroatoms. The van der Waals surface area contributed by atoms with Gasteiger partial charge in [0.15, 0.2) is 0 Å². The summed E-state index contributed by atoms with van der Waals surface area (Å²) in [5.74, 6) is 0.622. The molecule has 0 aliphatic heterocycles. The zero-order chi connectivity index (χ0) is 15.2. The molecule has 0 bridgehead atoms. The van der Waals surface area contributed by atoms with E-state index in [-0.39, 0.29) is 0 Å². The Balaban J connectivity index is 1.95. The van der Waals surface area contributed by atoms with Gasteiger partial charge < -0.3 is 4.74 Å². The van der Waals surface area contributed by atoms with Crippen LogP contribution in [0.3, 0.4) is 0 Å². The lowest BCUT2D eigenvalue weighted by Crippen LogP contribution is -1.90. The van der Waals surface area contributed by atoms with Gasteiger partial charge in [0.2, 0.25) is 0 Å². The molecule has 0 amide bonds. The molecule has 2 nitrogen and oxygen atoms in total. The van der Waals surface area contributed by atoms with Crippen molar-refractivity contribution in [2.45, 2.75) is 77.6 Å². The summed E-state index contributed by atoms with van der Waals surface area (Å²) in [6.07, 6.45) is 14.8. The molecule has 1 aromatic carbocycles. The lowest BCUT2D eigenvalue weighted by molar-refractivity contribution is -0.120. The lowest BCUT2D eigenvalue weighted by Gasteiger charge is -2.04. The third-order valence-electron chi connectivity index (χ3n) is 3.93. The number of aryl methyl sites for hydroxylation is 1. The number of carbonyl (C=O) groups excluding carboxylic acids is 1. The Hall–Kier alpha value is -1.31. The fraction of sp³-hybridized carbons (Fsp3) is 0.632. The topological polar surface area (TPSA) is 26.3 Å². The molecule has 1 rings (SSSR count). The molecule has 0 aromatic heterocycles. The van der Waals surface area contributed by atoms with Crippen molar-refractivity contribution in [1.29, 1.82) is 0 Å². The van der Waals surface area contributed by atoms with E-state index in [0.717, 1.165) is 6.42 Å². The predicted molar refractivity (Wildman–Crippen MR) is 88.7 cm³/mol. The molecule has 21 heavy (non-hydrogen) atoms. The minimum absolute atomic E-state index is 0.470. The van der Waals surface area contributed by atoms with Crippen LogP contribution in [-0.4, -0.2) is 6.47 Å². The lowest BCUT2D eigenvalue weighted by atomic mass is 10.0. The fourth-order valence-corrected chi connectivity index (χ4v) is 2.61. The van der Waals surface area contributed by atoms with Crippen LogP contribution in [0.25, 0.3) is 0 Å². The summed E-state index contributed by atoms with van der Waals surface area (Å²) in [5, 5.41) is 0. The van der Waals surface area contributed by atoms with E-state index in [4.69, 9.17) is 4.74 Å². The van der Waals surface area contributed by atoms with Crippen molar-refractivity contribution in [3.63, 3.8) is 0 Å². The van der Waals surface area contributed by atoms with Crippen LogP contribution in [0.2, 0.25) is 0 Å². The van der Waals surface area contributed by atoms with Gasteiger partial charge in [-0.25, -0.2) is 0 Å². The maximum Gasteiger partial charge on any atom is 0.298 e. The first-order chi connectivity index (χ1) is 10.4. The average Bonchev–Trinajstić information content (AvgIpc) is 2.51. The molecule has 118 valence electrons. The van der Waals surface area contributed by atoms with Gasteiger partial charge in [-0.05, 0) is 30.5 Å². The van der Waals surface area contributed by atoms with Crippen molar-refractivity contribution >= 4 is 6.47 Å². The number of hydrogen-bond acceptors (Lipinski definition) is 2. The maximum atomic E-state index is 10.2. The van der Waals surface area contributed by atoms with Crippen LogP contribution in [-0.2, 0) is 11.2 Å². The van der Waals surface area contributed by atoms with Crippen LogP contribution in [0.5, 0.6) is 5.75 Å². The highest BCUT2D eigenvalue weighted by atomic mass is 16.5. The molecule has 0 aliphatic rings. The zero-order valence-electron chi connectivity index (χ0n) is 13.5. The highest BCUT2D eigenvalue weighted by Crippen LogP contribution is 2.15. The van der Waals surface area contributed by atoms with Crippen molar-refractivity contribution in [2.24, 2.45) is 0 Å². The number of benzene rings is 1. The van der Waals surface area contributed by atoms with E-state index < -0.39 is 0 Å². The van der Waals surface area contributed by atoms with Crippen LogP contribution in [0.4, 0.5) is 0 Å². The number of unbranched alkanes of at least 4 members (excludes halogenated alkanes) is 9.